The molecule has 142 valence electrons. The summed E-state index contributed by atoms with van der Waals surface area (Å²) in [6, 6.07) is 0.289. The molecule has 0 radical (unpaired) electrons. The van der Waals surface area contributed by atoms with Crippen LogP contribution < -0.4 is 5.32 Å². The van der Waals surface area contributed by atoms with E-state index in [1.165, 1.54) is 0 Å². The molecule has 0 bridgehead atoms. The average molecular weight is 359 g/mol. The summed E-state index contributed by atoms with van der Waals surface area (Å²) in [4.78, 5) is 33.3. The summed E-state index contributed by atoms with van der Waals surface area (Å²) < 4.78 is 2.10. The summed E-state index contributed by atoms with van der Waals surface area (Å²) in [6.07, 6.45) is 8.56. The lowest BCUT2D eigenvalue weighted by Crippen LogP contribution is -2.44. The molecule has 2 saturated heterocycles. The normalized spacial score (nSPS) is 24.3. The van der Waals surface area contributed by atoms with Crippen LogP contribution in [0, 0.1) is 5.41 Å². The Kier molecular flexibility index (Phi) is 4.73. The highest BCUT2D eigenvalue weighted by molar-refractivity contribution is 5.86. The third-order valence-corrected chi connectivity index (χ3v) is 6.39. The number of aromatic nitrogens is 2. The van der Waals surface area contributed by atoms with Crippen molar-refractivity contribution in [2.75, 3.05) is 26.2 Å². The molecule has 1 aromatic rings. The third kappa shape index (κ3) is 3.24. The van der Waals surface area contributed by atoms with E-state index < -0.39 is 0 Å². The second-order valence-electron chi connectivity index (χ2n) is 7.90. The van der Waals surface area contributed by atoms with Gasteiger partial charge in [0.25, 0.3) is 0 Å². The van der Waals surface area contributed by atoms with Crippen molar-refractivity contribution in [2.45, 2.75) is 58.2 Å². The molecule has 0 aromatic carbocycles. The van der Waals surface area contributed by atoms with Crippen LogP contribution in [-0.4, -0.2) is 63.4 Å². The Labute approximate surface area is 154 Å². The quantitative estimate of drug-likeness (QED) is 0.823. The zero-order valence-electron chi connectivity index (χ0n) is 15.6. The first-order valence-electron chi connectivity index (χ1n) is 9.91. The number of imidazole rings is 1. The second-order valence-corrected chi connectivity index (χ2v) is 7.90. The highest BCUT2D eigenvalue weighted by Gasteiger charge is 2.58. The minimum atomic E-state index is 0.0753. The summed E-state index contributed by atoms with van der Waals surface area (Å²) in [7, 11) is 0. The molecule has 1 saturated carbocycles. The maximum atomic E-state index is 13.2. The number of carbonyl (C=O) groups excluding carboxylic acids is 2. The van der Waals surface area contributed by atoms with Crippen molar-refractivity contribution in [1.82, 2.24) is 24.7 Å². The molecule has 3 fully saturated rings. The topological polar surface area (TPSA) is 70.5 Å². The number of aryl methyl sites for hydroxylation is 1. The lowest BCUT2D eigenvalue weighted by molar-refractivity contribution is -0.139. The Bertz CT molecular complexity index is 679. The molecule has 3 aliphatic rings. The van der Waals surface area contributed by atoms with Crippen molar-refractivity contribution in [1.29, 1.82) is 0 Å². The zero-order valence-corrected chi connectivity index (χ0v) is 15.6. The van der Waals surface area contributed by atoms with Gasteiger partial charge in [-0.2, -0.15) is 0 Å². The first kappa shape index (κ1) is 17.5. The molecule has 4 rings (SSSR count). The maximum Gasteiger partial charge on any atom is 0.242 e. The molecule has 2 amide bonds. The predicted octanol–water partition coefficient (Wildman–Crippen LogP) is 0.996. The Hall–Kier alpha value is -1.89. The number of amides is 2. The zero-order chi connectivity index (χ0) is 18.1. The number of nitrogens with one attached hydrogen (secondary N) is 1. The van der Waals surface area contributed by atoms with Crippen molar-refractivity contribution < 1.29 is 9.59 Å². The van der Waals surface area contributed by atoms with Gasteiger partial charge >= 0.3 is 0 Å². The van der Waals surface area contributed by atoms with E-state index >= 15 is 0 Å². The van der Waals surface area contributed by atoms with Gasteiger partial charge in [-0.1, -0.05) is 0 Å². The lowest BCUT2D eigenvalue weighted by Gasteiger charge is -2.30. The number of rotatable bonds is 6. The standard InChI is InChI=1S/C19H29N5O2/c1-2-22-11-9-21-16(22)13-24(15-12-19(15)5-7-20-8-6-19)18(26)14-23-10-3-4-17(23)25/h9,11,15,20H,2-8,10,12-14H2,1H3. The van der Waals surface area contributed by atoms with Crippen molar-refractivity contribution in [3.63, 3.8) is 0 Å². The van der Waals surface area contributed by atoms with Crippen molar-refractivity contribution in [3.05, 3.63) is 18.2 Å². The summed E-state index contributed by atoms with van der Waals surface area (Å²) >= 11 is 0. The number of nitrogens with zero attached hydrogens (tertiary/aromatic N) is 4. The fraction of sp³-hybridized carbons (Fsp3) is 0.737. The van der Waals surface area contributed by atoms with Gasteiger partial charge in [0.1, 0.15) is 5.82 Å². The summed E-state index contributed by atoms with van der Waals surface area (Å²) in [5, 5.41) is 3.42. The molecule has 26 heavy (non-hydrogen) atoms. The minimum Gasteiger partial charge on any atom is -0.334 e. The molecule has 2 aliphatic heterocycles. The lowest BCUT2D eigenvalue weighted by atomic mass is 9.93. The van der Waals surface area contributed by atoms with Crippen LogP contribution in [0.4, 0.5) is 0 Å². The summed E-state index contributed by atoms with van der Waals surface area (Å²) in [5.41, 5.74) is 0.277. The fourth-order valence-electron chi connectivity index (χ4n) is 4.66. The van der Waals surface area contributed by atoms with Gasteiger partial charge in [0.05, 0.1) is 13.1 Å². The highest BCUT2D eigenvalue weighted by atomic mass is 16.2. The van der Waals surface area contributed by atoms with Crippen molar-refractivity contribution in [2.24, 2.45) is 5.41 Å². The average Bonchev–Trinajstić information content (AvgIpc) is 2.98. The van der Waals surface area contributed by atoms with Crippen LogP contribution in [0.2, 0.25) is 0 Å². The smallest absolute Gasteiger partial charge is 0.242 e. The van der Waals surface area contributed by atoms with E-state index in [9.17, 15) is 9.59 Å². The Morgan fingerprint density at radius 3 is 2.92 bits per heavy atom. The second kappa shape index (κ2) is 7.02. The number of hydrogen-bond donors (Lipinski definition) is 1. The molecule has 3 heterocycles. The number of hydrogen-bond acceptors (Lipinski definition) is 4. The van der Waals surface area contributed by atoms with E-state index in [0.717, 1.165) is 51.1 Å². The Morgan fingerprint density at radius 1 is 1.42 bits per heavy atom. The van der Waals surface area contributed by atoms with Crippen molar-refractivity contribution in [3.8, 4) is 0 Å². The molecule has 1 aromatic heterocycles. The van der Waals surface area contributed by atoms with Gasteiger partial charge < -0.3 is 19.7 Å². The first-order chi connectivity index (χ1) is 12.6. The predicted molar refractivity (Wildman–Crippen MR) is 97.2 cm³/mol. The third-order valence-electron chi connectivity index (χ3n) is 6.39. The van der Waals surface area contributed by atoms with E-state index in [1.54, 1.807) is 11.1 Å². The van der Waals surface area contributed by atoms with E-state index in [1.807, 2.05) is 11.1 Å². The Balaban J connectivity index is 1.51. The van der Waals surface area contributed by atoms with Gasteiger partial charge in [-0.3, -0.25) is 9.59 Å². The van der Waals surface area contributed by atoms with Crippen molar-refractivity contribution >= 4 is 11.8 Å². The van der Waals surface area contributed by atoms with Gasteiger partial charge in [-0.05, 0) is 51.1 Å². The van der Waals surface area contributed by atoms with Gasteiger partial charge in [0, 0.05) is 37.9 Å². The van der Waals surface area contributed by atoms with Crippen LogP contribution in [0.25, 0.3) is 0 Å². The molecule has 1 unspecified atom stereocenters. The highest BCUT2D eigenvalue weighted by Crippen LogP contribution is 2.56. The van der Waals surface area contributed by atoms with E-state index in [0.29, 0.717) is 19.5 Å². The monoisotopic (exact) mass is 359 g/mol. The molecule has 1 aliphatic carbocycles. The van der Waals surface area contributed by atoms with Crippen LogP contribution in [-0.2, 0) is 22.7 Å². The van der Waals surface area contributed by atoms with Gasteiger partial charge in [0.15, 0.2) is 0 Å². The summed E-state index contributed by atoms with van der Waals surface area (Å²) in [6.45, 7) is 6.48. The van der Waals surface area contributed by atoms with E-state index in [4.69, 9.17) is 0 Å². The number of carbonyl (C=O) groups is 2. The van der Waals surface area contributed by atoms with E-state index in [-0.39, 0.29) is 29.8 Å². The van der Waals surface area contributed by atoms with Crippen LogP contribution in [0.5, 0.6) is 0 Å². The summed E-state index contributed by atoms with van der Waals surface area (Å²) in [5.74, 6) is 1.12. The fourth-order valence-corrected chi connectivity index (χ4v) is 4.66. The largest absolute Gasteiger partial charge is 0.334 e. The maximum absolute atomic E-state index is 13.2. The van der Waals surface area contributed by atoms with E-state index in [2.05, 4.69) is 21.8 Å². The minimum absolute atomic E-state index is 0.0753. The van der Waals surface area contributed by atoms with Crippen LogP contribution in [0.15, 0.2) is 12.4 Å². The van der Waals surface area contributed by atoms with Crippen LogP contribution in [0.3, 0.4) is 0 Å². The number of piperidine rings is 1. The number of likely N-dealkylation sites (tertiary alicyclic amines) is 1. The molecule has 1 N–H and O–H groups in total. The first-order valence-corrected chi connectivity index (χ1v) is 9.91. The molecular formula is C19H29N5O2. The molecular weight excluding hydrogens is 330 g/mol. The molecule has 1 spiro atoms. The van der Waals surface area contributed by atoms with Gasteiger partial charge in [0.2, 0.25) is 11.8 Å². The van der Waals surface area contributed by atoms with Crippen LogP contribution in [0.1, 0.15) is 44.9 Å². The van der Waals surface area contributed by atoms with Crippen LogP contribution >= 0.6 is 0 Å². The molecule has 1 atom stereocenters. The van der Waals surface area contributed by atoms with Gasteiger partial charge in [-0.15, -0.1) is 0 Å². The molecule has 7 nitrogen and oxygen atoms in total. The SMILES string of the molecule is CCn1ccnc1CN(C(=O)CN1CCCC1=O)C1CC12CCNCC2. The molecule has 7 heteroatoms. The van der Waals surface area contributed by atoms with Gasteiger partial charge in [-0.25, -0.2) is 4.98 Å². The Morgan fingerprint density at radius 2 is 2.23 bits per heavy atom.